The molecule has 2 aromatic carbocycles. The van der Waals surface area contributed by atoms with E-state index in [4.69, 9.17) is 4.74 Å². The van der Waals surface area contributed by atoms with Crippen molar-refractivity contribution in [1.82, 2.24) is 15.0 Å². The molecule has 0 bridgehead atoms. The maximum atomic E-state index is 12.0. The lowest BCUT2D eigenvalue weighted by atomic mass is 10.1. The summed E-state index contributed by atoms with van der Waals surface area (Å²) in [4.78, 5) is 35.4. The number of aromatic nitrogens is 3. The van der Waals surface area contributed by atoms with Crippen LogP contribution in [0.2, 0.25) is 0 Å². The van der Waals surface area contributed by atoms with Crippen LogP contribution < -0.4 is 5.32 Å². The zero-order chi connectivity index (χ0) is 19.9. The molecule has 1 N–H and O–H groups in total. The van der Waals surface area contributed by atoms with Crippen molar-refractivity contribution in [2.24, 2.45) is 0 Å². The van der Waals surface area contributed by atoms with Crippen molar-refractivity contribution in [1.29, 1.82) is 0 Å². The first-order valence-electron chi connectivity index (χ1n) is 8.53. The highest BCUT2D eigenvalue weighted by Crippen LogP contribution is 2.11. The number of amides is 1. The molecule has 1 heterocycles. The summed E-state index contributed by atoms with van der Waals surface area (Å²) in [5, 5.41) is 10.2. The number of nitrogens with one attached hydrogen (secondary N) is 1. The number of benzene rings is 2. The van der Waals surface area contributed by atoms with E-state index < -0.39 is 18.5 Å². The van der Waals surface area contributed by atoms with Crippen LogP contribution in [0.25, 0.3) is 0 Å². The molecule has 0 saturated carbocycles. The SMILES string of the molecule is CC(=O)c1cccc(NC(=O)COC(=O)c2cn(Cc3ccccc3)nn2)c1. The largest absolute Gasteiger partial charge is 0.451 e. The smallest absolute Gasteiger partial charge is 0.361 e. The second kappa shape index (κ2) is 8.72. The van der Waals surface area contributed by atoms with Gasteiger partial charge in [-0.1, -0.05) is 47.7 Å². The summed E-state index contributed by atoms with van der Waals surface area (Å²) in [5.74, 6) is -1.38. The third-order valence-electron chi connectivity index (χ3n) is 3.82. The van der Waals surface area contributed by atoms with E-state index >= 15 is 0 Å². The molecule has 28 heavy (non-hydrogen) atoms. The third-order valence-corrected chi connectivity index (χ3v) is 3.82. The Balaban J connectivity index is 1.52. The van der Waals surface area contributed by atoms with Crippen LogP contribution >= 0.6 is 0 Å². The molecular weight excluding hydrogens is 360 g/mol. The zero-order valence-electron chi connectivity index (χ0n) is 15.2. The van der Waals surface area contributed by atoms with Gasteiger partial charge in [0.2, 0.25) is 0 Å². The lowest BCUT2D eigenvalue weighted by Gasteiger charge is -2.06. The predicted molar refractivity (Wildman–Crippen MR) is 101 cm³/mol. The summed E-state index contributed by atoms with van der Waals surface area (Å²) in [5.41, 5.74) is 1.95. The van der Waals surface area contributed by atoms with Gasteiger partial charge in [0.15, 0.2) is 18.1 Å². The number of Topliss-reactive ketones (excluding diaryl/α,β-unsaturated/α-hetero) is 1. The molecular formula is C20H18N4O4. The fourth-order valence-electron chi connectivity index (χ4n) is 2.46. The van der Waals surface area contributed by atoms with E-state index in [0.717, 1.165) is 5.56 Å². The summed E-state index contributed by atoms with van der Waals surface area (Å²) in [6.45, 7) is 1.43. The minimum atomic E-state index is -0.744. The molecule has 8 heteroatoms. The van der Waals surface area contributed by atoms with Crippen LogP contribution in [0.4, 0.5) is 5.69 Å². The van der Waals surface area contributed by atoms with Crippen LogP contribution in [0.1, 0.15) is 33.3 Å². The van der Waals surface area contributed by atoms with Crippen molar-refractivity contribution < 1.29 is 19.1 Å². The van der Waals surface area contributed by atoms with Gasteiger partial charge in [-0.3, -0.25) is 9.59 Å². The van der Waals surface area contributed by atoms with E-state index in [2.05, 4.69) is 15.6 Å². The molecule has 8 nitrogen and oxygen atoms in total. The molecule has 1 aromatic heterocycles. The molecule has 3 aromatic rings. The number of hydrogen-bond donors (Lipinski definition) is 1. The fourth-order valence-corrected chi connectivity index (χ4v) is 2.46. The Labute approximate surface area is 161 Å². The highest BCUT2D eigenvalue weighted by atomic mass is 16.5. The Morgan fingerprint density at radius 2 is 1.86 bits per heavy atom. The molecule has 0 fully saturated rings. The molecule has 0 spiro atoms. The Bertz CT molecular complexity index is 998. The van der Waals surface area contributed by atoms with Crippen LogP contribution in [-0.4, -0.2) is 39.3 Å². The van der Waals surface area contributed by atoms with Gasteiger partial charge in [0.25, 0.3) is 5.91 Å². The molecule has 3 rings (SSSR count). The number of carbonyl (C=O) groups excluding carboxylic acids is 3. The van der Waals surface area contributed by atoms with Crippen LogP contribution in [0.5, 0.6) is 0 Å². The number of carbonyl (C=O) groups is 3. The topological polar surface area (TPSA) is 103 Å². The molecule has 0 radical (unpaired) electrons. The lowest BCUT2D eigenvalue weighted by Crippen LogP contribution is -2.21. The minimum absolute atomic E-state index is 0.0160. The van der Waals surface area contributed by atoms with Gasteiger partial charge < -0.3 is 10.1 Å². The molecule has 0 atom stereocenters. The molecule has 0 aliphatic rings. The Kier molecular flexibility index (Phi) is 5.91. The van der Waals surface area contributed by atoms with Gasteiger partial charge in [-0.2, -0.15) is 0 Å². The highest BCUT2D eigenvalue weighted by molar-refractivity contribution is 5.98. The minimum Gasteiger partial charge on any atom is -0.451 e. The first-order chi connectivity index (χ1) is 13.5. The summed E-state index contributed by atoms with van der Waals surface area (Å²) in [7, 11) is 0. The zero-order valence-corrected chi connectivity index (χ0v) is 15.2. The number of anilines is 1. The van der Waals surface area contributed by atoms with Crippen molar-refractivity contribution in [2.75, 3.05) is 11.9 Å². The average Bonchev–Trinajstić information content (AvgIpc) is 3.15. The highest BCUT2D eigenvalue weighted by Gasteiger charge is 2.15. The molecule has 0 unspecified atom stereocenters. The molecule has 0 saturated heterocycles. The van der Waals surface area contributed by atoms with Gasteiger partial charge in [-0.15, -0.1) is 5.10 Å². The van der Waals surface area contributed by atoms with E-state index in [-0.39, 0.29) is 11.5 Å². The van der Waals surface area contributed by atoms with Crippen molar-refractivity contribution in [2.45, 2.75) is 13.5 Å². The normalized spacial score (nSPS) is 10.3. The van der Waals surface area contributed by atoms with Gasteiger partial charge in [-0.25, -0.2) is 9.48 Å². The van der Waals surface area contributed by atoms with E-state index in [1.807, 2.05) is 30.3 Å². The monoisotopic (exact) mass is 378 g/mol. The Morgan fingerprint density at radius 1 is 1.07 bits per heavy atom. The van der Waals surface area contributed by atoms with E-state index in [1.165, 1.54) is 17.8 Å². The van der Waals surface area contributed by atoms with Gasteiger partial charge in [0, 0.05) is 11.3 Å². The molecule has 0 aliphatic carbocycles. The average molecular weight is 378 g/mol. The Hall–Kier alpha value is -3.81. The molecule has 142 valence electrons. The van der Waals surface area contributed by atoms with Crippen molar-refractivity contribution in [3.05, 3.63) is 77.6 Å². The summed E-state index contributed by atoms with van der Waals surface area (Å²) >= 11 is 0. The number of hydrogen-bond acceptors (Lipinski definition) is 6. The summed E-state index contributed by atoms with van der Waals surface area (Å²) in [6, 6.07) is 16.1. The van der Waals surface area contributed by atoms with Crippen molar-refractivity contribution >= 4 is 23.3 Å². The van der Waals surface area contributed by atoms with Crippen molar-refractivity contribution in [3.8, 4) is 0 Å². The van der Waals surface area contributed by atoms with E-state index in [1.54, 1.807) is 24.3 Å². The van der Waals surface area contributed by atoms with Crippen LogP contribution in [0.15, 0.2) is 60.8 Å². The predicted octanol–water partition coefficient (Wildman–Crippen LogP) is 2.32. The lowest BCUT2D eigenvalue weighted by molar-refractivity contribution is -0.119. The number of ketones is 1. The molecule has 0 aliphatic heterocycles. The van der Waals surface area contributed by atoms with E-state index in [9.17, 15) is 14.4 Å². The van der Waals surface area contributed by atoms with Gasteiger partial charge in [0.05, 0.1) is 12.7 Å². The van der Waals surface area contributed by atoms with Gasteiger partial charge in [0.1, 0.15) is 0 Å². The third kappa shape index (κ3) is 5.10. The summed E-state index contributed by atoms with van der Waals surface area (Å²) in [6.07, 6.45) is 1.46. The quantitative estimate of drug-likeness (QED) is 0.500. The number of nitrogens with zero attached hydrogens (tertiary/aromatic N) is 3. The van der Waals surface area contributed by atoms with Crippen LogP contribution in [0.3, 0.4) is 0 Å². The second-order valence-electron chi connectivity index (χ2n) is 6.05. The summed E-state index contributed by atoms with van der Waals surface area (Å²) < 4.78 is 6.48. The van der Waals surface area contributed by atoms with Gasteiger partial charge in [-0.05, 0) is 24.6 Å². The Morgan fingerprint density at radius 3 is 2.61 bits per heavy atom. The maximum Gasteiger partial charge on any atom is 0.361 e. The number of esters is 1. The number of rotatable bonds is 7. The first-order valence-corrected chi connectivity index (χ1v) is 8.53. The number of ether oxygens (including phenoxy) is 1. The first kappa shape index (κ1) is 19.0. The van der Waals surface area contributed by atoms with Crippen molar-refractivity contribution in [3.63, 3.8) is 0 Å². The van der Waals surface area contributed by atoms with E-state index in [0.29, 0.717) is 17.8 Å². The molecule has 1 amide bonds. The van der Waals surface area contributed by atoms with Gasteiger partial charge >= 0.3 is 5.97 Å². The van der Waals surface area contributed by atoms with Crippen LogP contribution in [-0.2, 0) is 16.1 Å². The second-order valence-corrected chi connectivity index (χ2v) is 6.05. The standard InChI is InChI=1S/C20H18N4O4/c1-14(25)16-8-5-9-17(10-16)21-19(26)13-28-20(27)18-12-24(23-22-18)11-15-6-3-2-4-7-15/h2-10,12H,11,13H2,1H3,(H,21,26). The van der Waals surface area contributed by atoms with Crippen LogP contribution in [0, 0.1) is 0 Å². The fraction of sp³-hybridized carbons (Fsp3) is 0.150. The maximum absolute atomic E-state index is 12.0.